The molecule has 3 heteroatoms. The topological polar surface area (TPSA) is 34.0 Å². The number of fused-ring (bicyclic) bond motifs is 1. The molecule has 1 aliphatic heterocycles. The lowest BCUT2D eigenvalue weighted by atomic mass is 10.3. The van der Waals surface area contributed by atoms with Gasteiger partial charge in [-0.05, 0) is 36.4 Å². The lowest BCUT2D eigenvalue weighted by molar-refractivity contribution is 0.403. The fourth-order valence-corrected chi connectivity index (χ4v) is 1.42. The van der Waals surface area contributed by atoms with Gasteiger partial charge in [0.1, 0.15) is 0 Å². The largest absolute Gasteiger partial charge is 0.473 e. The van der Waals surface area contributed by atoms with Crippen LogP contribution in [0.15, 0.2) is 83.5 Å². The van der Waals surface area contributed by atoms with Crippen molar-refractivity contribution in [1.29, 1.82) is 0 Å². The molecular formula is C16H14N2O. The molecule has 2 rings (SSSR count). The summed E-state index contributed by atoms with van der Waals surface area (Å²) in [5.74, 6) is 0. The third-order valence-electron chi connectivity index (χ3n) is 2.29. The van der Waals surface area contributed by atoms with Crippen molar-refractivity contribution < 1.29 is 4.74 Å². The zero-order chi connectivity index (χ0) is 13.2. The van der Waals surface area contributed by atoms with Crippen LogP contribution in [-0.2, 0) is 4.74 Å². The van der Waals surface area contributed by atoms with Crippen molar-refractivity contribution in [2.24, 2.45) is 9.98 Å². The van der Waals surface area contributed by atoms with Gasteiger partial charge in [-0.25, -0.2) is 0 Å². The fraction of sp³-hybridized carbons (Fsp3) is 0. The van der Waals surface area contributed by atoms with Gasteiger partial charge in [0.05, 0.1) is 17.9 Å². The minimum atomic E-state index is 0.900. The van der Waals surface area contributed by atoms with Crippen LogP contribution in [0.2, 0.25) is 0 Å². The molecule has 1 aromatic carbocycles. The summed E-state index contributed by atoms with van der Waals surface area (Å²) in [6.07, 6.45) is 17.4. The minimum absolute atomic E-state index is 0.900. The molecule has 0 N–H and O–H groups in total. The number of benzene rings is 1. The minimum Gasteiger partial charge on any atom is -0.473 e. The van der Waals surface area contributed by atoms with E-state index in [0.29, 0.717) is 0 Å². The molecule has 3 nitrogen and oxygen atoms in total. The van der Waals surface area contributed by atoms with Crippen LogP contribution >= 0.6 is 0 Å². The average molecular weight is 250 g/mol. The molecule has 1 heterocycles. The van der Waals surface area contributed by atoms with Crippen molar-refractivity contribution in [3.63, 3.8) is 0 Å². The third kappa shape index (κ3) is 4.60. The van der Waals surface area contributed by atoms with Gasteiger partial charge in [-0.3, -0.25) is 9.98 Å². The molecule has 0 aromatic heterocycles. The highest BCUT2D eigenvalue weighted by Gasteiger charge is 1.82. The Bertz CT molecular complexity index is 664. The van der Waals surface area contributed by atoms with Crippen LogP contribution in [0.5, 0.6) is 0 Å². The van der Waals surface area contributed by atoms with Crippen LogP contribution < -0.4 is 10.6 Å². The lowest BCUT2D eigenvalue weighted by Gasteiger charge is -1.87. The predicted octanol–water partition coefficient (Wildman–Crippen LogP) is 2.24. The molecule has 0 bridgehead atoms. The van der Waals surface area contributed by atoms with Gasteiger partial charge < -0.3 is 4.74 Å². The first-order chi connectivity index (χ1) is 9.47. The molecule has 1 aromatic rings. The highest BCUT2D eigenvalue weighted by molar-refractivity contribution is 5.91. The van der Waals surface area contributed by atoms with Gasteiger partial charge in [0, 0.05) is 23.8 Å². The van der Waals surface area contributed by atoms with Gasteiger partial charge in [0.25, 0.3) is 0 Å². The number of aliphatic imine (C=N–C) groups is 1. The summed E-state index contributed by atoms with van der Waals surface area (Å²) in [4.78, 5) is 8.52. The summed E-state index contributed by atoms with van der Waals surface area (Å²) in [5, 5.41) is 1.92. The summed E-state index contributed by atoms with van der Waals surface area (Å²) in [6.45, 7) is 0. The van der Waals surface area contributed by atoms with Crippen molar-refractivity contribution in [1.82, 2.24) is 0 Å². The summed E-state index contributed by atoms with van der Waals surface area (Å²) in [7, 11) is 0. The van der Waals surface area contributed by atoms with Crippen molar-refractivity contribution in [2.75, 3.05) is 0 Å². The molecule has 0 atom stereocenters. The Hall–Kier alpha value is -2.68. The Morgan fingerprint density at radius 1 is 0.842 bits per heavy atom. The SMILES string of the molecule is C1=C\N=c2\cccc\c2=C\C=N\C=C/C=C\O\C=C/1. The Morgan fingerprint density at radius 3 is 2.53 bits per heavy atom. The first-order valence-electron chi connectivity index (χ1n) is 5.92. The summed E-state index contributed by atoms with van der Waals surface area (Å²) >= 11 is 0. The third-order valence-corrected chi connectivity index (χ3v) is 2.29. The van der Waals surface area contributed by atoms with E-state index in [9.17, 15) is 0 Å². The van der Waals surface area contributed by atoms with Gasteiger partial charge in [-0.2, -0.15) is 0 Å². The Morgan fingerprint density at radius 2 is 1.63 bits per heavy atom. The molecule has 0 spiro atoms. The molecule has 0 saturated carbocycles. The number of nitrogens with zero attached hydrogens (tertiary/aromatic N) is 2. The van der Waals surface area contributed by atoms with Crippen LogP contribution in [0.25, 0.3) is 6.08 Å². The fourth-order valence-electron chi connectivity index (χ4n) is 1.42. The smallest absolute Gasteiger partial charge is 0.0901 e. The standard InChI is InChI=1S/C16H14N2O/c1-2-8-16-15(7-1)9-12-17-10-3-5-13-19-14-6-4-11-18-16/h1-14H/b10-3-,11-4-,13-5-,14-6-,15-9-,17-12+,18-16-. The van der Waals surface area contributed by atoms with Gasteiger partial charge >= 0.3 is 0 Å². The molecule has 0 saturated heterocycles. The monoisotopic (exact) mass is 250 g/mol. The van der Waals surface area contributed by atoms with E-state index in [-0.39, 0.29) is 0 Å². The van der Waals surface area contributed by atoms with Crippen LogP contribution in [0.3, 0.4) is 0 Å². The van der Waals surface area contributed by atoms with E-state index < -0.39 is 0 Å². The number of ether oxygens (including phenoxy) is 1. The van der Waals surface area contributed by atoms with E-state index in [2.05, 4.69) is 9.98 Å². The van der Waals surface area contributed by atoms with Gasteiger partial charge in [0.15, 0.2) is 0 Å². The normalized spacial score (nSPS) is 26.5. The maximum Gasteiger partial charge on any atom is 0.0901 e. The quantitative estimate of drug-likeness (QED) is 0.695. The number of rotatable bonds is 0. The van der Waals surface area contributed by atoms with Crippen molar-refractivity contribution in [2.45, 2.75) is 0 Å². The number of para-hydroxylation sites is 1. The maximum atomic E-state index is 5.11. The van der Waals surface area contributed by atoms with Gasteiger partial charge in [0.2, 0.25) is 0 Å². The second kappa shape index (κ2) is 7.61. The first-order valence-corrected chi connectivity index (χ1v) is 5.92. The molecule has 0 amide bonds. The second-order valence-corrected chi connectivity index (χ2v) is 3.63. The summed E-state index contributed by atoms with van der Waals surface area (Å²) < 4.78 is 5.11. The second-order valence-electron chi connectivity index (χ2n) is 3.63. The lowest BCUT2D eigenvalue weighted by Crippen LogP contribution is -2.23. The Balaban J connectivity index is 2.41. The van der Waals surface area contributed by atoms with Crippen LogP contribution in [0.1, 0.15) is 0 Å². The van der Waals surface area contributed by atoms with E-state index in [1.54, 1.807) is 49.4 Å². The zero-order valence-electron chi connectivity index (χ0n) is 10.4. The molecule has 19 heavy (non-hydrogen) atoms. The molecule has 94 valence electrons. The molecular weight excluding hydrogens is 236 g/mol. The highest BCUT2D eigenvalue weighted by atomic mass is 16.5. The van der Waals surface area contributed by atoms with Crippen LogP contribution in [0.4, 0.5) is 0 Å². The van der Waals surface area contributed by atoms with Crippen LogP contribution in [0, 0.1) is 0 Å². The average Bonchev–Trinajstić information content (AvgIpc) is 2.45. The summed E-state index contributed by atoms with van der Waals surface area (Å²) in [5.41, 5.74) is 0. The Labute approximate surface area is 112 Å². The molecule has 1 aliphatic rings. The molecule has 0 radical (unpaired) electrons. The zero-order valence-corrected chi connectivity index (χ0v) is 10.4. The van der Waals surface area contributed by atoms with E-state index in [0.717, 1.165) is 10.6 Å². The van der Waals surface area contributed by atoms with Crippen LogP contribution in [-0.4, -0.2) is 6.21 Å². The molecule has 0 aliphatic carbocycles. The van der Waals surface area contributed by atoms with Gasteiger partial charge in [-0.15, -0.1) is 0 Å². The van der Waals surface area contributed by atoms with Crippen molar-refractivity contribution in [3.8, 4) is 0 Å². The highest BCUT2D eigenvalue weighted by Crippen LogP contribution is 1.85. The van der Waals surface area contributed by atoms with Crippen molar-refractivity contribution >= 4 is 12.3 Å². The Kier molecular flexibility index (Phi) is 5.11. The molecule has 0 unspecified atom stereocenters. The molecule has 0 fully saturated rings. The van der Waals surface area contributed by atoms with E-state index in [4.69, 9.17) is 4.74 Å². The maximum absolute atomic E-state index is 5.11. The van der Waals surface area contributed by atoms with E-state index in [1.165, 1.54) is 0 Å². The number of hydrogen-bond acceptors (Lipinski definition) is 3. The van der Waals surface area contributed by atoms with E-state index in [1.807, 2.05) is 36.4 Å². The van der Waals surface area contributed by atoms with Crippen molar-refractivity contribution in [3.05, 3.63) is 84.1 Å². The first kappa shape index (κ1) is 12.8. The predicted molar refractivity (Wildman–Crippen MR) is 77.8 cm³/mol. The number of hydrogen-bond donors (Lipinski definition) is 0. The van der Waals surface area contributed by atoms with Gasteiger partial charge in [-0.1, -0.05) is 18.2 Å². The number of allylic oxidation sites excluding steroid dienone is 4. The summed E-state index contributed by atoms with van der Waals surface area (Å²) in [6, 6.07) is 7.89. The van der Waals surface area contributed by atoms with E-state index >= 15 is 0 Å².